The van der Waals surface area contributed by atoms with Crippen LogP contribution in [0, 0.1) is 21.4 Å². The molecule has 3 fully saturated rings. The molecular formula is C15H16N7O9P. The summed E-state index contributed by atoms with van der Waals surface area (Å²) in [5.74, 6) is 0.180. The highest BCUT2D eigenvalue weighted by molar-refractivity contribution is 7.47. The molecule has 2 aromatic heterocycles. The zero-order chi connectivity index (χ0) is 22.5. The number of imidazole rings is 1. The van der Waals surface area contributed by atoms with Gasteiger partial charge in [-0.15, -0.1) is 10.1 Å². The smallest absolute Gasteiger partial charge is 0.379 e. The van der Waals surface area contributed by atoms with Gasteiger partial charge in [0.25, 0.3) is 5.09 Å². The van der Waals surface area contributed by atoms with Crippen LogP contribution in [0.15, 0.2) is 6.33 Å². The molecule has 0 aliphatic carbocycles. The Kier molecular flexibility index (Phi) is 5.16. The molecule has 5 rings (SSSR count). The number of nitriles is 1. The maximum atomic E-state index is 12.0. The number of ether oxygens (including phenoxy) is 2. The summed E-state index contributed by atoms with van der Waals surface area (Å²) in [5, 5.41) is 22.1. The van der Waals surface area contributed by atoms with E-state index in [1.54, 1.807) is 0 Å². The molecule has 3 saturated heterocycles. The first-order chi connectivity index (χ1) is 15.3. The van der Waals surface area contributed by atoms with Gasteiger partial charge in [-0.1, -0.05) is 0 Å². The molecule has 0 aromatic carbocycles. The van der Waals surface area contributed by atoms with Gasteiger partial charge in [0, 0.05) is 6.61 Å². The van der Waals surface area contributed by atoms with Crippen molar-refractivity contribution in [3.63, 3.8) is 0 Å². The Balaban J connectivity index is 1.51. The Labute approximate surface area is 178 Å². The maximum absolute atomic E-state index is 12.0. The molecule has 0 spiro atoms. The highest BCUT2D eigenvalue weighted by atomic mass is 31.2. The molecule has 3 aliphatic heterocycles. The van der Waals surface area contributed by atoms with E-state index in [0.29, 0.717) is 24.5 Å². The molecule has 2 aromatic rings. The van der Waals surface area contributed by atoms with Gasteiger partial charge in [0.15, 0.2) is 23.2 Å². The first kappa shape index (κ1) is 20.9. The van der Waals surface area contributed by atoms with Gasteiger partial charge < -0.3 is 24.5 Å². The number of aromatic nitrogens is 4. The number of fused-ring (bicyclic) bond motifs is 2. The summed E-state index contributed by atoms with van der Waals surface area (Å²) < 4.78 is 34.7. The second kappa shape index (κ2) is 7.89. The number of rotatable bonds is 6. The van der Waals surface area contributed by atoms with E-state index < -0.39 is 44.1 Å². The highest BCUT2D eigenvalue weighted by Crippen LogP contribution is 2.58. The van der Waals surface area contributed by atoms with Crippen molar-refractivity contribution < 1.29 is 37.9 Å². The largest absolute Gasteiger partial charge is 0.473 e. The average Bonchev–Trinajstić information content (AvgIpc) is 3.50. The number of phosphoric acid groups is 1. The minimum atomic E-state index is -4.40. The lowest BCUT2D eigenvalue weighted by Gasteiger charge is -2.19. The van der Waals surface area contributed by atoms with Crippen molar-refractivity contribution in [1.29, 1.82) is 5.26 Å². The van der Waals surface area contributed by atoms with E-state index in [0.717, 1.165) is 6.42 Å². The fourth-order valence-electron chi connectivity index (χ4n) is 3.87. The van der Waals surface area contributed by atoms with Crippen molar-refractivity contribution >= 4 is 24.8 Å². The van der Waals surface area contributed by atoms with Crippen molar-refractivity contribution in [2.75, 3.05) is 25.1 Å². The zero-order valence-electron chi connectivity index (χ0n) is 16.1. The van der Waals surface area contributed by atoms with Gasteiger partial charge in [0.05, 0.1) is 19.0 Å². The van der Waals surface area contributed by atoms with Crippen LogP contribution in [-0.4, -0.2) is 73.7 Å². The summed E-state index contributed by atoms with van der Waals surface area (Å²) in [7, 11) is -4.40. The fourth-order valence-corrected chi connectivity index (χ4v) is 5.01. The first-order valence-corrected chi connectivity index (χ1v) is 11.0. The topological polar surface area (TPSA) is 206 Å². The van der Waals surface area contributed by atoms with Gasteiger partial charge in [-0.05, 0) is 6.42 Å². The number of hydrogen-bond donors (Lipinski definition) is 2. The standard InChI is InChI=1S/C15H16N7O9P/c16-3-9-19-13(18-7-1-2-27-4-7)10-14(20-9)21(6-17-10)15-12-11(30-32(25,26)31-12)8(29-15)5-28-22(23)24/h6-8,11-12,15H,1-2,4-5H2,(H,25,26)(H,18,19,20)/t7-,8-,11-,12-,15-/m1/s1. The van der Waals surface area contributed by atoms with Gasteiger partial charge in [-0.3, -0.25) is 13.6 Å². The van der Waals surface area contributed by atoms with Crippen LogP contribution >= 0.6 is 7.82 Å². The van der Waals surface area contributed by atoms with E-state index in [1.165, 1.54) is 10.9 Å². The molecule has 16 nitrogen and oxygen atoms in total. The van der Waals surface area contributed by atoms with Gasteiger partial charge in [0.2, 0.25) is 5.82 Å². The van der Waals surface area contributed by atoms with Crippen LogP contribution in [0.3, 0.4) is 0 Å². The highest BCUT2D eigenvalue weighted by Gasteiger charge is 2.58. The fraction of sp³-hybridized carbons (Fsp3) is 0.600. The molecule has 0 radical (unpaired) electrons. The van der Waals surface area contributed by atoms with Crippen molar-refractivity contribution in [3.8, 4) is 6.07 Å². The van der Waals surface area contributed by atoms with Crippen molar-refractivity contribution in [2.45, 2.75) is 37.0 Å². The monoisotopic (exact) mass is 469 g/mol. The minimum absolute atomic E-state index is 0.0209. The normalized spacial score (nSPS) is 33.8. The third kappa shape index (κ3) is 3.75. The Bertz CT molecular complexity index is 1150. The summed E-state index contributed by atoms with van der Waals surface area (Å²) in [5.41, 5.74) is 0.521. The number of phosphoric ester groups is 1. The molecule has 2 N–H and O–H groups in total. The van der Waals surface area contributed by atoms with E-state index in [4.69, 9.17) is 18.5 Å². The molecule has 17 heteroatoms. The zero-order valence-corrected chi connectivity index (χ0v) is 17.0. The van der Waals surface area contributed by atoms with Crippen molar-refractivity contribution in [1.82, 2.24) is 19.5 Å². The van der Waals surface area contributed by atoms with Crippen LogP contribution in [0.5, 0.6) is 0 Å². The molecule has 170 valence electrons. The lowest BCUT2D eigenvalue weighted by atomic mass is 10.1. The van der Waals surface area contributed by atoms with Crippen molar-refractivity contribution in [3.05, 3.63) is 22.3 Å². The number of nitrogens with one attached hydrogen (secondary N) is 1. The van der Waals surface area contributed by atoms with E-state index in [2.05, 4.69) is 25.1 Å². The number of hydrogen-bond acceptors (Lipinski definition) is 13. The van der Waals surface area contributed by atoms with Gasteiger partial charge in [-0.25, -0.2) is 9.55 Å². The molecule has 1 unspecified atom stereocenters. The van der Waals surface area contributed by atoms with Crippen molar-refractivity contribution in [2.24, 2.45) is 0 Å². The molecule has 32 heavy (non-hydrogen) atoms. The molecule has 0 bridgehead atoms. The second-order valence-electron chi connectivity index (χ2n) is 7.23. The van der Waals surface area contributed by atoms with Gasteiger partial charge in [-0.2, -0.15) is 15.2 Å². The number of anilines is 1. The second-order valence-corrected chi connectivity index (χ2v) is 8.59. The molecule has 5 heterocycles. The van der Waals surface area contributed by atoms with E-state index in [1.807, 2.05) is 6.07 Å². The van der Waals surface area contributed by atoms with Crippen LogP contribution in [0.2, 0.25) is 0 Å². The lowest BCUT2D eigenvalue weighted by molar-refractivity contribution is -0.759. The predicted octanol–water partition coefficient (Wildman–Crippen LogP) is -0.111. The van der Waals surface area contributed by atoms with Crippen LogP contribution in [0.4, 0.5) is 5.82 Å². The summed E-state index contributed by atoms with van der Waals surface area (Å²) in [6.45, 7) is 0.517. The third-order valence-corrected chi connectivity index (χ3v) is 6.23. The SMILES string of the molecule is N#Cc1nc(N[C@@H]2CCOC2)c2ncn([C@@H]3O[C@H](CO[N+](=O)[O-])[C@H]4OP(=O)(O)O[C@H]43)c2n1. The lowest BCUT2D eigenvalue weighted by Crippen LogP contribution is -2.32. The summed E-state index contributed by atoms with van der Waals surface area (Å²) in [4.78, 5) is 37.4. The first-order valence-electron chi connectivity index (χ1n) is 9.46. The minimum Gasteiger partial charge on any atom is -0.379 e. The molecule has 0 amide bonds. The predicted molar refractivity (Wildman–Crippen MR) is 99.3 cm³/mol. The Morgan fingerprint density at radius 1 is 1.44 bits per heavy atom. The summed E-state index contributed by atoms with van der Waals surface area (Å²) in [6, 6.07) is 1.86. The molecule has 3 aliphatic rings. The van der Waals surface area contributed by atoms with Crippen LogP contribution in [-0.2, 0) is 27.9 Å². The van der Waals surface area contributed by atoms with Crippen LogP contribution < -0.4 is 5.32 Å². The quantitative estimate of drug-likeness (QED) is 0.322. The maximum Gasteiger partial charge on any atom is 0.473 e. The van der Waals surface area contributed by atoms with E-state index >= 15 is 0 Å². The van der Waals surface area contributed by atoms with E-state index in [-0.39, 0.29) is 17.5 Å². The van der Waals surface area contributed by atoms with E-state index in [9.17, 15) is 24.8 Å². The molecule has 0 saturated carbocycles. The Hall–Kier alpha value is -2.93. The third-order valence-electron chi connectivity index (χ3n) is 5.21. The average molecular weight is 469 g/mol. The van der Waals surface area contributed by atoms with Crippen LogP contribution in [0.1, 0.15) is 18.5 Å². The number of nitrogens with zero attached hydrogens (tertiary/aromatic N) is 6. The van der Waals surface area contributed by atoms with Crippen LogP contribution in [0.25, 0.3) is 11.2 Å². The summed E-state index contributed by atoms with van der Waals surface area (Å²) >= 11 is 0. The Morgan fingerprint density at radius 2 is 2.25 bits per heavy atom. The van der Waals surface area contributed by atoms with Gasteiger partial charge >= 0.3 is 7.82 Å². The molecular weight excluding hydrogens is 453 g/mol. The van der Waals surface area contributed by atoms with Gasteiger partial charge in [0.1, 0.15) is 31.0 Å². The Morgan fingerprint density at radius 3 is 2.97 bits per heavy atom. The molecule has 6 atom stereocenters. The summed E-state index contributed by atoms with van der Waals surface area (Å²) in [6.07, 6.45) is -2.29.